The number of rotatable bonds is 6. The maximum atomic E-state index is 11.1. The number of carboxylic acids is 1. The first-order valence-electron chi connectivity index (χ1n) is 4.93. The Labute approximate surface area is 90.2 Å². The average molecular weight is 217 g/mol. The summed E-state index contributed by atoms with van der Waals surface area (Å²) in [6.07, 6.45) is 0. The molecule has 0 saturated heterocycles. The second-order valence-corrected chi connectivity index (χ2v) is 4.51. The highest BCUT2D eigenvalue weighted by Crippen LogP contribution is 1.99. The smallest absolute Gasteiger partial charge is 0.308 e. The Kier molecular flexibility index (Phi) is 5.28. The summed E-state index contributed by atoms with van der Waals surface area (Å²) in [5.74, 6) is -1.51. The molecule has 0 N–H and O–H groups in total. The van der Waals surface area contributed by atoms with Crippen LogP contribution >= 0.6 is 0 Å². The van der Waals surface area contributed by atoms with E-state index in [1.165, 1.54) is 0 Å². The molecule has 5 nitrogen and oxygen atoms in total. The molecule has 5 heteroatoms. The predicted molar refractivity (Wildman–Crippen MR) is 52.6 cm³/mol. The van der Waals surface area contributed by atoms with E-state index in [1.54, 1.807) is 27.9 Å². The van der Waals surface area contributed by atoms with Crippen LogP contribution in [0.1, 0.15) is 13.8 Å². The van der Waals surface area contributed by atoms with E-state index in [-0.39, 0.29) is 29.5 Å². The van der Waals surface area contributed by atoms with Gasteiger partial charge in [0, 0.05) is 0 Å². The van der Waals surface area contributed by atoms with Crippen molar-refractivity contribution in [3.8, 4) is 0 Å². The minimum atomic E-state index is -1.10. The number of ether oxygens (including phenoxy) is 1. The van der Waals surface area contributed by atoms with Crippen molar-refractivity contribution in [3.63, 3.8) is 0 Å². The Morgan fingerprint density at radius 2 is 1.87 bits per heavy atom. The zero-order valence-corrected chi connectivity index (χ0v) is 9.78. The number of nitrogens with zero attached hydrogens (tertiary/aromatic N) is 1. The Balaban J connectivity index is 3.84. The van der Waals surface area contributed by atoms with Crippen LogP contribution in [0.25, 0.3) is 0 Å². The number of likely N-dealkylation sites (N-methyl/N-ethyl adjacent to an activating group) is 1. The van der Waals surface area contributed by atoms with Gasteiger partial charge in [-0.05, 0) is 0 Å². The van der Waals surface area contributed by atoms with Crippen LogP contribution in [-0.2, 0) is 14.3 Å². The minimum absolute atomic E-state index is 0.0841. The molecular formula is C10H19NO4. The highest BCUT2D eigenvalue weighted by molar-refractivity contribution is 5.71. The molecule has 0 amide bonds. The van der Waals surface area contributed by atoms with Gasteiger partial charge in [0.05, 0.1) is 26.0 Å². The molecule has 0 fully saturated rings. The quantitative estimate of drug-likeness (QED) is 0.423. The molecule has 0 heterocycles. The summed E-state index contributed by atoms with van der Waals surface area (Å²) >= 11 is 0. The summed E-state index contributed by atoms with van der Waals surface area (Å²) in [5.41, 5.74) is 0. The average Bonchev–Trinajstić information content (AvgIpc) is 2.00. The van der Waals surface area contributed by atoms with Gasteiger partial charge in [0.1, 0.15) is 19.7 Å². The van der Waals surface area contributed by atoms with Crippen LogP contribution < -0.4 is 5.11 Å². The zero-order chi connectivity index (χ0) is 12.1. The summed E-state index contributed by atoms with van der Waals surface area (Å²) < 4.78 is 5.20. The lowest BCUT2D eigenvalue weighted by Crippen LogP contribution is -2.50. The number of esters is 1. The highest BCUT2D eigenvalue weighted by atomic mass is 16.5. The third-order valence-electron chi connectivity index (χ3n) is 1.97. The Morgan fingerprint density at radius 1 is 1.33 bits per heavy atom. The monoisotopic (exact) mass is 217 g/mol. The van der Waals surface area contributed by atoms with E-state index < -0.39 is 5.97 Å². The summed E-state index contributed by atoms with van der Waals surface area (Å²) in [6.45, 7) is 4.12. The van der Waals surface area contributed by atoms with Crippen molar-refractivity contribution in [1.29, 1.82) is 0 Å². The van der Waals surface area contributed by atoms with E-state index >= 15 is 0 Å². The maximum absolute atomic E-state index is 11.1. The molecule has 0 aliphatic rings. The van der Waals surface area contributed by atoms with E-state index in [2.05, 4.69) is 0 Å². The van der Waals surface area contributed by atoms with Crippen molar-refractivity contribution in [2.75, 3.05) is 33.8 Å². The molecule has 0 aliphatic carbocycles. The summed E-state index contributed by atoms with van der Waals surface area (Å²) in [5, 5.41) is 10.4. The lowest BCUT2D eigenvalue weighted by atomic mass is 10.2. The van der Waals surface area contributed by atoms with Crippen molar-refractivity contribution in [2.24, 2.45) is 5.92 Å². The van der Waals surface area contributed by atoms with Gasteiger partial charge < -0.3 is 19.1 Å². The number of carboxylic acid groups (broad SMARTS) is 1. The van der Waals surface area contributed by atoms with Crippen LogP contribution in [0.5, 0.6) is 0 Å². The first kappa shape index (κ1) is 13.9. The van der Waals surface area contributed by atoms with Gasteiger partial charge in [-0.2, -0.15) is 0 Å². The van der Waals surface area contributed by atoms with Crippen LogP contribution in [-0.4, -0.2) is 50.2 Å². The van der Waals surface area contributed by atoms with Gasteiger partial charge in [-0.3, -0.25) is 4.79 Å². The van der Waals surface area contributed by atoms with Crippen LogP contribution in [0.15, 0.2) is 0 Å². The molecule has 0 bridgehead atoms. The third kappa shape index (κ3) is 6.90. The van der Waals surface area contributed by atoms with Crippen molar-refractivity contribution >= 4 is 11.9 Å². The van der Waals surface area contributed by atoms with E-state index in [1.807, 2.05) is 0 Å². The number of carbonyl (C=O) groups is 2. The van der Waals surface area contributed by atoms with E-state index in [0.29, 0.717) is 6.54 Å². The minimum Gasteiger partial charge on any atom is -0.544 e. The molecule has 0 rings (SSSR count). The maximum Gasteiger partial charge on any atom is 0.308 e. The van der Waals surface area contributed by atoms with Crippen LogP contribution in [0.4, 0.5) is 0 Å². The summed E-state index contributed by atoms with van der Waals surface area (Å²) in [6, 6.07) is 0. The molecule has 0 unspecified atom stereocenters. The molecule has 88 valence electrons. The van der Waals surface area contributed by atoms with Gasteiger partial charge in [-0.1, -0.05) is 13.8 Å². The van der Waals surface area contributed by atoms with Gasteiger partial charge >= 0.3 is 5.97 Å². The largest absolute Gasteiger partial charge is 0.544 e. The van der Waals surface area contributed by atoms with Crippen molar-refractivity contribution in [2.45, 2.75) is 13.8 Å². The molecule has 0 aromatic heterocycles. The zero-order valence-electron chi connectivity index (χ0n) is 9.78. The van der Waals surface area contributed by atoms with E-state index in [0.717, 1.165) is 0 Å². The SMILES string of the molecule is CC(C)C(=O)OCC[N+](C)(C)CC(=O)[O-]. The molecule has 0 aromatic carbocycles. The second kappa shape index (κ2) is 5.70. The van der Waals surface area contributed by atoms with E-state index in [4.69, 9.17) is 4.74 Å². The lowest BCUT2D eigenvalue weighted by Gasteiger charge is -2.29. The normalized spacial score (nSPS) is 11.5. The van der Waals surface area contributed by atoms with Crippen LogP contribution in [0.2, 0.25) is 0 Å². The first-order chi connectivity index (χ1) is 6.74. The van der Waals surface area contributed by atoms with Crippen LogP contribution in [0, 0.1) is 5.92 Å². The molecule has 0 aromatic rings. The number of quaternary nitrogens is 1. The Hall–Kier alpha value is -1.10. The molecule has 0 radical (unpaired) electrons. The van der Waals surface area contributed by atoms with Crippen molar-refractivity contribution < 1.29 is 23.9 Å². The molecule has 0 aliphatic heterocycles. The van der Waals surface area contributed by atoms with Gasteiger partial charge in [0.15, 0.2) is 0 Å². The predicted octanol–water partition coefficient (Wildman–Crippen LogP) is -0.988. The Morgan fingerprint density at radius 3 is 2.27 bits per heavy atom. The topological polar surface area (TPSA) is 66.4 Å². The fourth-order valence-corrected chi connectivity index (χ4v) is 0.989. The van der Waals surface area contributed by atoms with Gasteiger partial charge in [0.25, 0.3) is 0 Å². The van der Waals surface area contributed by atoms with Crippen molar-refractivity contribution in [3.05, 3.63) is 0 Å². The Bertz CT molecular complexity index is 236. The summed E-state index contributed by atoms with van der Waals surface area (Å²) in [7, 11) is 3.50. The van der Waals surface area contributed by atoms with Gasteiger partial charge in [0.2, 0.25) is 0 Å². The number of carbonyl (C=O) groups excluding carboxylic acids is 2. The van der Waals surface area contributed by atoms with Crippen molar-refractivity contribution in [1.82, 2.24) is 0 Å². The molecule has 15 heavy (non-hydrogen) atoms. The van der Waals surface area contributed by atoms with E-state index in [9.17, 15) is 14.7 Å². The first-order valence-corrected chi connectivity index (χ1v) is 4.93. The highest BCUT2D eigenvalue weighted by Gasteiger charge is 2.16. The number of hydrogen-bond donors (Lipinski definition) is 0. The van der Waals surface area contributed by atoms with Gasteiger partial charge in [-0.25, -0.2) is 0 Å². The molecule has 0 atom stereocenters. The number of aliphatic carboxylic acids is 1. The molecule has 0 spiro atoms. The van der Waals surface area contributed by atoms with Gasteiger partial charge in [-0.15, -0.1) is 0 Å². The molecule has 0 saturated carbocycles. The summed E-state index contributed by atoms with van der Waals surface area (Å²) in [4.78, 5) is 21.5. The van der Waals surface area contributed by atoms with Crippen LogP contribution in [0.3, 0.4) is 0 Å². The third-order valence-corrected chi connectivity index (χ3v) is 1.97. The number of hydrogen-bond acceptors (Lipinski definition) is 4. The second-order valence-electron chi connectivity index (χ2n) is 4.51. The molecular weight excluding hydrogens is 198 g/mol. The fraction of sp³-hybridized carbons (Fsp3) is 0.800. The lowest BCUT2D eigenvalue weighted by molar-refractivity contribution is -0.884. The standard InChI is InChI=1S/C10H19NO4/c1-8(2)10(14)15-6-5-11(3,4)7-9(12)13/h8H,5-7H2,1-4H3. The fourth-order valence-electron chi connectivity index (χ4n) is 0.989.